The lowest BCUT2D eigenvalue weighted by molar-refractivity contribution is 0.371. The molecule has 0 spiro atoms. The average Bonchev–Trinajstić information content (AvgIpc) is 2.92. The molecule has 2 aliphatic carbocycles. The van der Waals surface area contributed by atoms with Gasteiger partial charge >= 0.3 is 0 Å². The van der Waals surface area contributed by atoms with Gasteiger partial charge in [0.1, 0.15) is 0 Å². The highest BCUT2D eigenvalue weighted by Crippen LogP contribution is 2.62. The van der Waals surface area contributed by atoms with Crippen LogP contribution in [0, 0.1) is 11.3 Å². The van der Waals surface area contributed by atoms with Gasteiger partial charge in [-0.1, -0.05) is 0 Å². The zero-order valence-corrected chi connectivity index (χ0v) is 7.37. The molecule has 2 saturated carbocycles. The maximum Gasteiger partial charge on any atom is 0.0278 e. The Kier molecular flexibility index (Phi) is 1.21. The lowest BCUT2D eigenvalue weighted by Crippen LogP contribution is -2.12. The molecule has 3 rings (SSSR count). The Morgan fingerprint density at radius 2 is 1.83 bits per heavy atom. The van der Waals surface area contributed by atoms with E-state index in [-0.39, 0.29) is 0 Å². The molecule has 0 unspecified atom stereocenters. The molecular weight excluding hydrogens is 146 g/mol. The summed E-state index contributed by atoms with van der Waals surface area (Å²) in [4.78, 5) is 0. The molecule has 1 heterocycles. The molecule has 0 N–H and O–H groups in total. The van der Waals surface area contributed by atoms with E-state index < -0.39 is 0 Å². The van der Waals surface area contributed by atoms with E-state index in [1.807, 2.05) is 0 Å². The van der Waals surface area contributed by atoms with E-state index >= 15 is 0 Å². The van der Waals surface area contributed by atoms with Crippen molar-refractivity contribution in [1.29, 1.82) is 0 Å². The third kappa shape index (κ3) is 0.996. The van der Waals surface area contributed by atoms with Gasteiger partial charge in [-0.2, -0.15) is 0 Å². The van der Waals surface area contributed by atoms with Crippen LogP contribution in [0.25, 0.3) is 0 Å². The lowest BCUT2D eigenvalue weighted by atomic mass is 10.0. The van der Waals surface area contributed by atoms with Gasteiger partial charge in [0.05, 0.1) is 0 Å². The van der Waals surface area contributed by atoms with Gasteiger partial charge in [0.2, 0.25) is 0 Å². The van der Waals surface area contributed by atoms with Gasteiger partial charge in [-0.15, -0.1) is 0 Å². The van der Waals surface area contributed by atoms with Crippen molar-refractivity contribution < 1.29 is 0 Å². The minimum atomic E-state index is 0.749. The number of aromatic nitrogens is 1. The van der Waals surface area contributed by atoms with Crippen molar-refractivity contribution in [3.05, 3.63) is 24.5 Å². The van der Waals surface area contributed by atoms with Crippen molar-refractivity contribution >= 4 is 0 Å². The Balaban J connectivity index is 1.74. The van der Waals surface area contributed by atoms with Crippen LogP contribution in [-0.4, -0.2) is 4.57 Å². The highest BCUT2D eigenvalue weighted by Gasteiger charge is 2.53. The van der Waals surface area contributed by atoms with Gasteiger partial charge in [0.25, 0.3) is 0 Å². The Labute approximate surface area is 73.4 Å². The van der Waals surface area contributed by atoms with Gasteiger partial charge in [-0.25, -0.2) is 0 Å². The highest BCUT2D eigenvalue weighted by atomic mass is 15.0. The van der Waals surface area contributed by atoms with Crippen molar-refractivity contribution in [2.45, 2.75) is 32.2 Å². The Morgan fingerprint density at radius 1 is 1.17 bits per heavy atom. The monoisotopic (exact) mass is 161 g/mol. The molecule has 1 nitrogen and oxygen atoms in total. The zero-order valence-electron chi connectivity index (χ0n) is 7.37. The van der Waals surface area contributed by atoms with Crippen LogP contribution < -0.4 is 0 Å². The molecule has 1 aromatic heterocycles. The maximum atomic E-state index is 2.35. The largest absolute Gasteiger partial charge is 0.354 e. The molecule has 0 radical (unpaired) electrons. The molecule has 64 valence electrons. The lowest BCUT2D eigenvalue weighted by Gasteiger charge is -2.14. The van der Waals surface area contributed by atoms with Crippen LogP contribution in [0.5, 0.6) is 0 Å². The summed E-state index contributed by atoms with van der Waals surface area (Å²) in [7, 11) is 0. The molecule has 12 heavy (non-hydrogen) atoms. The van der Waals surface area contributed by atoms with Gasteiger partial charge < -0.3 is 4.57 Å². The third-order valence-corrected chi connectivity index (χ3v) is 3.50. The summed E-state index contributed by atoms with van der Waals surface area (Å²) >= 11 is 0. The van der Waals surface area contributed by atoms with Gasteiger partial charge in [-0.3, -0.25) is 0 Å². The van der Waals surface area contributed by atoms with Gasteiger partial charge in [0, 0.05) is 18.9 Å². The van der Waals surface area contributed by atoms with E-state index in [9.17, 15) is 0 Å². The zero-order chi connectivity index (χ0) is 8.02. The fraction of sp³-hybridized carbons (Fsp3) is 0.636. The van der Waals surface area contributed by atoms with Crippen molar-refractivity contribution in [2.24, 2.45) is 11.3 Å². The molecule has 1 aromatic rings. The first-order valence-corrected chi connectivity index (χ1v) is 5.00. The first-order valence-electron chi connectivity index (χ1n) is 5.00. The maximum absolute atomic E-state index is 2.35. The van der Waals surface area contributed by atoms with Crippen molar-refractivity contribution in [1.82, 2.24) is 4.57 Å². The summed E-state index contributed by atoms with van der Waals surface area (Å²) in [5.74, 6) is 1.08. The van der Waals surface area contributed by atoms with Crippen LogP contribution in [0.4, 0.5) is 0 Å². The Hall–Kier alpha value is -0.720. The molecule has 2 fully saturated rings. The first-order chi connectivity index (χ1) is 5.89. The topological polar surface area (TPSA) is 4.93 Å². The number of hydrogen-bond acceptors (Lipinski definition) is 0. The second kappa shape index (κ2) is 2.15. The van der Waals surface area contributed by atoms with E-state index in [1.54, 1.807) is 0 Å². The molecule has 0 amide bonds. The van der Waals surface area contributed by atoms with E-state index in [0.29, 0.717) is 0 Å². The minimum absolute atomic E-state index is 0.749. The number of hydrogen-bond donors (Lipinski definition) is 0. The molecule has 0 aliphatic heterocycles. The molecular formula is C11H15N. The quantitative estimate of drug-likeness (QED) is 0.642. The molecule has 2 aliphatic rings. The summed E-state index contributed by atoms with van der Waals surface area (Å²) in [6.07, 6.45) is 10.4. The van der Waals surface area contributed by atoms with Crippen LogP contribution in [0.1, 0.15) is 25.7 Å². The summed E-state index contributed by atoms with van der Waals surface area (Å²) in [5, 5.41) is 0. The van der Waals surface area contributed by atoms with Crippen LogP contribution in [0.2, 0.25) is 0 Å². The summed E-state index contributed by atoms with van der Waals surface area (Å²) in [6.45, 7) is 1.28. The first kappa shape index (κ1) is 6.76. The number of nitrogens with zero attached hydrogens (tertiary/aromatic N) is 1. The van der Waals surface area contributed by atoms with Crippen molar-refractivity contribution in [3.8, 4) is 0 Å². The van der Waals surface area contributed by atoms with Crippen LogP contribution in [-0.2, 0) is 6.54 Å². The second-order valence-corrected chi connectivity index (χ2v) is 4.49. The fourth-order valence-electron chi connectivity index (χ4n) is 2.39. The van der Waals surface area contributed by atoms with E-state index in [0.717, 1.165) is 11.3 Å². The van der Waals surface area contributed by atoms with E-state index in [1.165, 1.54) is 32.2 Å². The van der Waals surface area contributed by atoms with Crippen LogP contribution in [0.3, 0.4) is 0 Å². The Bertz CT molecular complexity index is 265. The third-order valence-electron chi connectivity index (χ3n) is 3.50. The van der Waals surface area contributed by atoms with E-state index in [4.69, 9.17) is 0 Å². The summed E-state index contributed by atoms with van der Waals surface area (Å²) in [6, 6.07) is 4.26. The second-order valence-electron chi connectivity index (χ2n) is 4.49. The molecule has 1 heteroatoms. The van der Waals surface area contributed by atoms with E-state index in [2.05, 4.69) is 29.1 Å². The molecule has 0 aromatic carbocycles. The van der Waals surface area contributed by atoms with Crippen molar-refractivity contribution in [3.63, 3.8) is 0 Å². The highest BCUT2D eigenvalue weighted by molar-refractivity contribution is 5.05. The van der Waals surface area contributed by atoms with Gasteiger partial charge in [-0.05, 0) is 49.1 Å². The molecule has 0 saturated heterocycles. The van der Waals surface area contributed by atoms with Crippen LogP contribution in [0.15, 0.2) is 24.5 Å². The van der Waals surface area contributed by atoms with Gasteiger partial charge in [0.15, 0.2) is 0 Å². The van der Waals surface area contributed by atoms with Crippen molar-refractivity contribution in [2.75, 3.05) is 0 Å². The smallest absolute Gasteiger partial charge is 0.0278 e. The molecule has 0 bridgehead atoms. The van der Waals surface area contributed by atoms with Crippen LogP contribution >= 0.6 is 0 Å². The molecule has 0 atom stereocenters. The standard InChI is InChI=1S/C11H15N/c1-2-8-12(7-1)9-11(5-6-11)10-3-4-10/h1-2,7-8,10H,3-6,9H2. The average molecular weight is 161 g/mol. The normalized spacial score (nSPS) is 25.7. The summed E-state index contributed by atoms with van der Waals surface area (Å²) < 4.78 is 2.35. The Morgan fingerprint density at radius 3 is 2.33 bits per heavy atom. The SMILES string of the molecule is c1ccn(CC2(C3CC3)CC2)c1. The summed E-state index contributed by atoms with van der Waals surface area (Å²) in [5.41, 5.74) is 0.749. The fourth-order valence-corrected chi connectivity index (χ4v) is 2.39. The predicted octanol–water partition coefficient (Wildman–Crippen LogP) is 2.68. The minimum Gasteiger partial charge on any atom is -0.354 e. The number of rotatable bonds is 3. The predicted molar refractivity (Wildman–Crippen MR) is 48.8 cm³/mol.